The van der Waals surface area contributed by atoms with Gasteiger partial charge in [-0.05, 0) is 51.0 Å². The average molecular weight is 458 g/mol. The lowest BCUT2D eigenvalue weighted by atomic mass is 9.84. The molecule has 0 saturated carbocycles. The van der Waals surface area contributed by atoms with E-state index in [1.807, 2.05) is 0 Å². The smallest absolute Gasteiger partial charge is 0.260 e. The minimum atomic E-state index is -0.862. The number of alkyl halides is 1. The molecule has 0 spiro atoms. The first kappa shape index (κ1) is 18.3. The molecule has 2 aromatic rings. The zero-order chi connectivity index (χ0) is 18.2. The molecule has 2 heterocycles. The molecule has 1 saturated heterocycles. The number of halogens is 2. The predicted molar refractivity (Wildman–Crippen MR) is 99.8 cm³/mol. The summed E-state index contributed by atoms with van der Waals surface area (Å²) >= 11 is 2.22. The van der Waals surface area contributed by atoms with Crippen molar-refractivity contribution < 1.29 is 18.8 Å². The summed E-state index contributed by atoms with van der Waals surface area (Å²) in [5.41, 5.74) is 0.0900. The van der Waals surface area contributed by atoms with E-state index in [9.17, 15) is 14.3 Å². The van der Waals surface area contributed by atoms with Gasteiger partial charge in [0, 0.05) is 18.0 Å². The van der Waals surface area contributed by atoms with Crippen LogP contribution in [0.15, 0.2) is 35.0 Å². The van der Waals surface area contributed by atoms with Gasteiger partial charge in [-0.2, -0.15) is 0 Å². The number of hydrogen-bond donors (Lipinski definition) is 1. The number of rotatable bonds is 3. The van der Waals surface area contributed by atoms with Gasteiger partial charge in [0.15, 0.2) is 5.76 Å². The van der Waals surface area contributed by atoms with Gasteiger partial charge in [0.05, 0.1) is 15.8 Å². The molecule has 7 heteroatoms. The second-order valence-corrected chi connectivity index (χ2v) is 8.13. The van der Waals surface area contributed by atoms with E-state index in [0.29, 0.717) is 23.4 Å². The molecule has 1 aromatic heterocycles. The molecule has 2 atom stereocenters. The van der Waals surface area contributed by atoms with Gasteiger partial charge in [-0.3, -0.25) is 4.79 Å². The number of hydrogen-bond acceptors (Lipinski definition) is 4. The Morgan fingerprint density at radius 3 is 2.72 bits per heavy atom. The van der Waals surface area contributed by atoms with Gasteiger partial charge in [0.1, 0.15) is 11.4 Å². The summed E-state index contributed by atoms with van der Waals surface area (Å²) in [6, 6.07) is 5.75. The van der Waals surface area contributed by atoms with E-state index in [2.05, 4.69) is 27.7 Å². The van der Waals surface area contributed by atoms with Crippen molar-refractivity contribution in [3.8, 4) is 11.3 Å². The summed E-state index contributed by atoms with van der Waals surface area (Å²) in [5.74, 6) is -0.222. The minimum Gasteiger partial charge on any atom is -0.390 e. The van der Waals surface area contributed by atoms with Crippen LogP contribution in [0, 0.1) is 11.7 Å². The van der Waals surface area contributed by atoms with Crippen molar-refractivity contribution in [1.29, 1.82) is 0 Å². The highest BCUT2D eigenvalue weighted by Crippen LogP contribution is 2.37. The number of aromatic nitrogens is 1. The molecule has 0 radical (unpaired) electrons. The van der Waals surface area contributed by atoms with Gasteiger partial charge in [-0.15, -0.1) is 0 Å². The lowest BCUT2D eigenvalue weighted by Gasteiger charge is -2.43. The molecule has 1 aromatic carbocycles. The molecule has 5 nitrogen and oxygen atoms in total. The van der Waals surface area contributed by atoms with E-state index in [-0.39, 0.29) is 21.7 Å². The monoisotopic (exact) mass is 458 g/mol. The molecule has 1 fully saturated rings. The Balaban J connectivity index is 1.89. The van der Waals surface area contributed by atoms with E-state index >= 15 is 0 Å². The van der Waals surface area contributed by atoms with E-state index < -0.39 is 5.60 Å². The molecule has 0 aliphatic carbocycles. The van der Waals surface area contributed by atoms with Gasteiger partial charge in [-0.1, -0.05) is 27.7 Å². The quantitative estimate of drug-likeness (QED) is 0.431. The average Bonchev–Trinajstić information content (AvgIpc) is 3.03. The van der Waals surface area contributed by atoms with E-state index in [1.54, 1.807) is 30.9 Å². The molecular weight excluding hydrogens is 438 g/mol. The fourth-order valence-corrected chi connectivity index (χ4v) is 4.99. The SMILES string of the molecule is CC(C)(O)[C@@H]1CCCN(C(=O)c2cnoc2-c2ccc(F)cc2)C1I. The Morgan fingerprint density at radius 1 is 1.40 bits per heavy atom. The van der Waals surface area contributed by atoms with Gasteiger partial charge in [0.25, 0.3) is 5.91 Å². The Bertz CT molecular complexity index is 754. The van der Waals surface area contributed by atoms with Crippen LogP contribution in [0.5, 0.6) is 0 Å². The molecule has 1 N–H and O–H groups in total. The van der Waals surface area contributed by atoms with Crippen LogP contribution in [0.2, 0.25) is 0 Å². The number of amides is 1. The lowest BCUT2D eigenvalue weighted by molar-refractivity contribution is -0.0191. The van der Waals surface area contributed by atoms with Crippen LogP contribution < -0.4 is 0 Å². The fraction of sp³-hybridized carbons (Fsp3) is 0.444. The summed E-state index contributed by atoms with van der Waals surface area (Å²) in [7, 11) is 0. The second-order valence-electron chi connectivity index (χ2n) is 6.85. The number of nitrogens with zero attached hydrogens (tertiary/aromatic N) is 2. The maximum Gasteiger partial charge on any atom is 0.260 e. The van der Waals surface area contributed by atoms with Crippen molar-refractivity contribution in [3.63, 3.8) is 0 Å². The molecule has 1 amide bonds. The molecule has 1 aliphatic rings. The Kier molecular flexibility index (Phi) is 5.15. The molecule has 1 unspecified atom stereocenters. The second kappa shape index (κ2) is 7.03. The van der Waals surface area contributed by atoms with Crippen molar-refractivity contribution in [2.45, 2.75) is 36.3 Å². The third kappa shape index (κ3) is 3.72. The van der Waals surface area contributed by atoms with Crippen LogP contribution >= 0.6 is 22.6 Å². The number of benzene rings is 1. The molecular formula is C18H20FIN2O3. The molecule has 134 valence electrons. The number of piperidine rings is 1. The molecule has 1 aliphatic heterocycles. The highest BCUT2D eigenvalue weighted by molar-refractivity contribution is 14.1. The maximum atomic E-state index is 13.1. The van der Waals surface area contributed by atoms with Crippen LogP contribution in [0.3, 0.4) is 0 Å². The van der Waals surface area contributed by atoms with Gasteiger partial charge in [-0.25, -0.2) is 4.39 Å². The van der Waals surface area contributed by atoms with Crippen molar-refractivity contribution >= 4 is 28.5 Å². The van der Waals surface area contributed by atoms with E-state index in [0.717, 1.165) is 12.8 Å². The Labute approximate surface area is 159 Å². The van der Waals surface area contributed by atoms with Crippen molar-refractivity contribution in [3.05, 3.63) is 41.8 Å². The Hall–Kier alpha value is -1.48. The van der Waals surface area contributed by atoms with Crippen LogP contribution in [-0.4, -0.2) is 37.3 Å². The zero-order valence-corrected chi connectivity index (χ0v) is 16.2. The van der Waals surface area contributed by atoms with Crippen molar-refractivity contribution in [2.24, 2.45) is 5.92 Å². The largest absolute Gasteiger partial charge is 0.390 e. The van der Waals surface area contributed by atoms with Gasteiger partial charge in [0.2, 0.25) is 0 Å². The van der Waals surface area contributed by atoms with E-state index in [4.69, 9.17) is 4.52 Å². The standard InChI is InChI=1S/C18H20FIN2O3/c1-18(2,24)14-4-3-9-22(16(14)20)17(23)13-10-21-25-15(13)11-5-7-12(19)8-6-11/h5-8,10,14,16,24H,3-4,9H2,1-2H3/t14-,16?/m1/s1. The summed E-state index contributed by atoms with van der Waals surface area (Å²) in [5, 5.41) is 14.2. The summed E-state index contributed by atoms with van der Waals surface area (Å²) in [6.45, 7) is 4.17. The van der Waals surface area contributed by atoms with Crippen LogP contribution in [-0.2, 0) is 0 Å². The van der Waals surface area contributed by atoms with Crippen molar-refractivity contribution in [1.82, 2.24) is 10.1 Å². The molecule has 3 rings (SSSR count). The summed E-state index contributed by atoms with van der Waals surface area (Å²) < 4.78 is 18.3. The number of carbonyl (C=O) groups is 1. The third-order valence-electron chi connectivity index (χ3n) is 4.62. The third-order valence-corrected chi connectivity index (χ3v) is 6.16. The fourth-order valence-electron chi connectivity index (χ4n) is 3.22. The van der Waals surface area contributed by atoms with Gasteiger partial charge >= 0.3 is 0 Å². The normalized spacial score (nSPS) is 21.4. The summed E-state index contributed by atoms with van der Waals surface area (Å²) in [6.07, 6.45) is 3.10. The van der Waals surface area contributed by atoms with Crippen molar-refractivity contribution in [2.75, 3.05) is 6.54 Å². The van der Waals surface area contributed by atoms with E-state index in [1.165, 1.54) is 18.3 Å². The topological polar surface area (TPSA) is 66.6 Å². The maximum absolute atomic E-state index is 13.1. The molecule has 0 bridgehead atoms. The molecule has 25 heavy (non-hydrogen) atoms. The minimum absolute atomic E-state index is 0.0140. The zero-order valence-electron chi connectivity index (χ0n) is 14.1. The highest BCUT2D eigenvalue weighted by Gasteiger charge is 2.41. The first-order valence-electron chi connectivity index (χ1n) is 8.17. The van der Waals surface area contributed by atoms with Gasteiger partial charge < -0.3 is 14.5 Å². The van der Waals surface area contributed by atoms with Crippen LogP contribution in [0.4, 0.5) is 4.39 Å². The Morgan fingerprint density at radius 2 is 2.08 bits per heavy atom. The van der Waals surface area contributed by atoms with Crippen LogP contribution in [0.25, 0.3) is 11.3 Å². The lowest BCUT2D eigenvalue weighted by Crippen LogP contribution is -2.51. The predicted octanol–water partition coefficient (Wildman–Crippen LogP) is 3.86. The van der Waals surface area contributed by atoms with Crippen LogP contribution in [0.1, 0.15) is 37.0 Å². The number of carbonyl (C=O) groups excluding carboxylic acids is 1. The highest BCUT2D eigenvalue weighted by atomic mass is 127. The first-order valence-corrected chi connectivity index (χ1v) is 9.41. The number of aliphatic hydroxyl groups is 1. The number of likely N-dealkylation sites (tertiary alicyclic amines) is 1. The summed E-state index contributed by atoms with van der Waals surface area (Å²) in [4.78, 5) is 14.8. The first-order chi connectivity index (χ1) is 11.8.